The second kappa shape index (κ2) is 13.0. The topological polar surface area (TPSA) is 39.7 Å². The summed E-state index contributed by atoms with van der Waals surface area (Å²) >= 11 is 0. The van der Waals surface area contributed by atoms with Gasteiger partial charge in [-0.3, -0.25) is 0 Å². The molecule has 0 aliphatic carbocycles. The van der Waals surface area contributed by atoms with E-state index in [1.54, 1.807) is 0 Å². The lowest BCUT2D eigenvalue weighted by atomic mass is 9.94. The lowest BCUT2D eigenvalue weighted by Crippen LogP contribution is -2.09. The quantitative estimate of drug-likeness (QED) is 0.239. The minimum absolute atomic E-state index is 0.576. The molecule has 0 radical (unpaired) electrons. The second-order valence-electron chi connectivity index (χ2n) is 7.64. The molecule has 1 heterocycles. The maximum absolute atomic E-state index is 6.13. The van der Waals surface area contributed by atoms with Crippen LogP contribution >= 0.6 is 0 Å². The molecule has 0 bridgehead atoms. The van der Waals surface area contributed by atoms with Gasteiger partial charge in [-0.2, -0.15) is 0 Å². The summed E-state index contributed by atoms with van der Waals surface area (Å²) in [4.78, 5) is 0. The summed E-state index contributed by atoms with van der Waals surface area (Å²) in [5.74, 6) is 2.15. The van der Waals surface area contributed by atoms with E-state index >= 15 is 0 Å². The number of rotatable bonds is 15. The number of unbranched alkanes of at least 4 members (excludes halogenated alkanes) is 7. The fourth-order valence-electron chi connectivity index (χ4n) is 3.61. The van der Waals surface area contributed by atoms with Gasteiger partial charge < -0.3 is 19.5 Å². The smallest absolute Gasteiger partial charge is 0.163 e. The molecule has 0 spiro atoms. The molecule has 166 valence electrons. The maximum atomic E-state index is 6.13. The van der Waals surface area contributed by atoms with Crippen LogP contribution in [0, 0.1) is 0 Å². The maximum Gasteiger partial charge on any atom is 0.163 e. The third-order valence-electron chi connectivity index (χ3n) is 5.28. The van der Waals surface area contributed by atoms with Crippen molar-refractivity contribution in [3.05, 3.63) is 48.4 Å². The molecule has 0 atom stereocenters. The molecule has 1 aliphatic heterocycles. The molecule has 0 saturated carbocycles. The lowest BCUT2D eigenvalue weighted by molar-refractivity contribution is 0.241. The van der Waals surface area contributed by atoms with Gasteiger partial charge in [0.15, 0.2) is 11.5 Å². The van der Waals surface area contributed by atoms with E-state index in [-0.39, 0.29) is 0 Å². The largest absolute Gasteiger partial charge is 0.494 e. The third-order valence-corrected chi connectivity index (χ3v) is 5.28. The van der Waals surface area contributed by atoms with Gasteiger partial charge in [0.2, 0.25) is 0 Å². The van der Waals surface area contributed by atoms with Crippen molar-refractivity contribution in [2.75, 3.05) is 25.1 Å². The number of nitrogens with one attached hydrogen (secondary N) is 1. The van der Waals surface area contributed by atoms with E-state index in [9.17, 15) is 0 Å². The zero-order valence-electron chi connectivity index (χ0n) is 19.1. The molecule has 30 heavy (non-hydrogen) atoms. The highest BCUT2D eigenvalue weighted by Gasteiger charge is 2.21. The molecular weight excluding hydrogens is 374 g/mol. The molecule has 4 nitrogen and oxygen atoms in total. The van der Waals surface area contributed by atoms with Crippen LogP contribution in [0.25, 0.3) is 5.57 Å². The first kappa shape index (κ1) is 23.9. The number of ether oxygens (including phenoxy) is 3. The van der Waals surface area contributed by atoms with Crippen LogP contribution in [-0.4, -0.2) is 19.8 Å². The fraction of sp³-hybridized carbons (Fsp3) is 0.538. The van der Waals surface area contributed by atoms with Crippen LogP contribution in [0.15, 0.2) is 42.8 Å². The van der Waals surface area contributed by atoms with E-state index in [2.05, 4.69) is 25.4 Å². The van der Waals surface area contributed by atoms with Gasteiger partial charge in [-0.1, -0.05) is 65.0 Å². The monoisotopic (exact) mass is 413 g/mol. The zero-order valence-corrected chi connectivity index (χ0v) is 19.1. The van der Waals surface area contributed by atoms with Crippen LogP contribution in [0.2, 0.25) is 0 Å². The van der Waals surface area contributed by atoms with Crippen LogP contribution in [0.3, 0.4) is 0 Å². The fourth-order valence-corrected chi connectivity index (χ4v) is 3.61. The second-order valence-corrected chi connectivity index (χ2v) is 7.64. The summed E-state index contributed by atoms with van der Waals surface area (Å²) in [6.07, 6.45) is 12.1. The van der Waals surface area contributed by atoms with Gasteiger partial charge in [0.05, 0.1) is 19.8 Å². The number of fused-ring (bicyclic) bond motifs is 1. The highest BCUT2D eigenvalue weighted by Crippen LogP contribution is 2.42. The third kappa shape index (κ3) is 6.86. The summed E-state index contributed by atoms with van der Waals surface area (Å²) in [5.41, 5.74) is 3.70. The number of hydrogen-bond acceptors (Lipinski definition) is 4. The summed E-state index contributed by atoms with van der Waals surface area (Å²) in [6.45, 7) is 16.3. The molecule has 1 aliphatic rings. The average molecular weight is 414 g/mol. The molecule has 1 aromatic rings. The molecule has 0 saturated heterocycles. The summed E-state index contributed by atoms with van der Waals surface area (Å²) in [5, 5.41) is 3.31. The first-order chi connectivity index (χ1) is 14.6. The van der Waals surface area contributed by atoms with Gasteiger partial charge in [-0.05, 0) is 31.9 Å². The standard InChI is InChI=1S/C26H39NO3/c1-6-9-10-11-12-13-14-15-16-30-25-17-22-20(4)23(21(5)28-7-2)19-27-24(22)18-26(25)29-8-3/h17-19,27H,4-16H2,1-3H3. The first-order valence-electron chi connectivity index (χ1n) is 11.5. The predicted molar refractivity (Wildman–Crippen MR) is 127 cm³/mol. The van der Waals surface area contributed by atoms with E-state index in [1.165, 1.54) is 44.9 Å². The van der Waals surface area contributed by atoms with Crippen molar-refractivity contribution in [1.29, 1.82) is 0 Å². The Kier molecular flexibility index (Phi) is 10.4. The Balaban J connectivity index is 1.96. The van der Waals surface area contributed by atoms with Gasteiger partial charge in [-0.25, -0.2) is 0 Å². The average Bonchev–Trinajstić information content (AvgIpc) is 2.73. The van der Waals surface area contributed by atoms with Gasteiger partial charge >= 0.3 is 0 Å². The summed E-state index contributed by atoms with van der Waals surface area (Å²) in [6, 6.07) is 4.01. The molecule has 1 N–H and O–H groups in total. The van der Waals surface area contributed by atoms with Crippen molar-refractivity contribution >= 4 is 11.3 Å². The van der Waals surface area contributed by atoms with Crippen molar-refractivity contribution in [3.8, 4) is 11.5 Å². The van der Waals surface area contributed by atoms with Gasteiger partial charge in [0.1, 0.15) is 5.76 Å². The molecule has 0 fully saturated rings. The van der Waals surface area contributed by atoms with Crippen LogP contribution in [0.4, 0.5) is 5.69 Å². The molecular formula is C26H39NO3. The van der Waals surface area contributed by atoms with E-state index in [1.807, 2.05) is 32.2 Å². The Morgan fingerprint density at radius 2 is 1.53 bits per heavy atom. The first-order valence-corrected chi connectivity index (χ1v) is 11.5. The zero-order chi connectivity index (χ0) is 21.8. The molecule has 1 aromatic carbocycles. The minimum atomic E-state index is 0.576. The van der Waals surface area contributed by atoms with E-state index in [0.29, 0.717) is 25.6 Å². The Morgan fingerprint density at radius 1 is 0.867 bits per heavy atom. The van der Waals surface area contributed by atoms with Gasteiger partial charge in [0.25, 0.3) is 0 Å². The molecule has 2 rings (SSSR count). The predicted octanol–water partition coefficient (Wildman–Crippen LogP) is 7.48. The van der Waals surface area contributed by atoms with Crippen LogP contribution in [0.5, 0.6) is 11.5 Å². The van der Waals surface area contributed by atoms with Crippen LogP contribution < -0.4 is 14.8 Å². The van der Waals surface area contributed by atoms with Gasteiger partial charge in [-0.15, -0.1) is 0 Å². The summed E-state index contributed by atoms with van der Waals surface area (Å²) < 4.78 is 17.5. The lowest BCUT2D eigenvalue weighted by Gasteiger charge is -2.24. The minimum Gasteiger partial charge on any atom is -0.494 e. The van der Waals surface area contributed by atoms with Crippen molar-refractivity contribution in [1.82, 2.24) is 0 Å². The molecule has 0 unspecified atom stereocenters. The van der Waals surface area contributed by atoms with Crippen LogP contribution in [0.1, 0.15) is 77.7 Å². The molecule has 0 aromatic heterocycles. The van der Waals surface area contributed by atoms with Gasteiger partial charge in [0, 0.05) is 29.1 Å². The number of anilines is 1. The highest BCUT2D eigenvalue weighted by molar-refractivity contribution is 5.91. The Morgan fingerprint density at radius 3 is 2.20 bits per heavy atom. The number of benzene rings is 1. The summed E-state index contributed by atoms with van der Waals surface area (Å²) in [7, 11) is 0. The Bertz CT molecular complexity index is 736. The molecule has 4 heteroatoms. The van der Waals surface area contributed by atoms with E-state index in [4.69, 9.17) is 14.2 Å². The number of allylic oxidation sites excluding steroid dienone is 1. The normalized spacial score (nSPS) is 12.6. The van der Waals surface area contributed by atoms with Crippen molar-refractivity contribution in [2.45, 2.75) is 72.1 Å². The Hall–Kier alpha value is -2.36. The van der Waals surface area contributed by atoms with Crippen molar-refractivity contribution < 1.29 is 14.2 Å². The number of hydrogen-bond donors (Lipinski definition) is 1. The van der Waals surface area contributed by atoms with Crippen molar-refractivity contribution in [3.63, 3.8) is 0 Å². The SMILES string of the molecule is C=C(OCC)C1=CNc2cc(OCC)c(OCCCCCCCCCC)cc2C1=C. The van der Waals surface area contributed by atoms with E-state index < -0.39 is 0 Å². The highest BCUT2D eigenvalue weighted by atomic mass is 16.5. The van der Waals surface area contributed by atoms with E-state index in [0.717, 1.165) is 40.3 Å². The van der Waals surface area contributed by atoms with Crippen LogP contribution in [-0.2, 0) is 4.74 Å². The molecule has 0 amide bonds. The Labute approximate surface area is 183 Å². The van der Waals surface area contributed by atoms with Crippen molar-refractivity contribution in [2.24, 2.45) is 0 Å².